The Balaban J connectivity index is 2.15. The van der Waals surface area contributed by atoms with Crippen LogP contribution in [0.1, 0.15) is 61.9 Å². The van der Waals surface area contributed by atoms with Crippen LogP contribution in [-0.4, -0.2) is 30.0 Å². The number of amides is 1. The summed E-state index contributed by atoms with van der Waals surface area (Å²) in [6.07, 6.45) is 6.10. The van der Waals surface area contributed by atoms with E-state index in [9.17, 15) is 4.79 Å². The number of benzene rings is 1. The SMILES string of the molecule is CCOc1ccc(C(=O)N(CC)C2CCCCC2)cc1C. The fourth-order valence-corrected chi connectivity index (χ4v) is 3.23. The molecule has 0 radical (unpaired) electrons. The van der Waals surface area contributed by atoms with Crippen molar-refractivity contribution >= 4 is 5.91 Å². The van der Waals surface area contributed by atoms with Gasteiger partial charge < -0.3 is 9.64 Å². The molecule has 2 rings (SSSR count). The van der Waals surface area contributed by atoms with E-state index >= 15 is 0 Å². The highest BCUT2D eigenvalue weighted by Crippen LogP contribution is 2.25. The first kappa shape index (κ1) is 15.9. The first-order valence-corrected chi connectivity index (χ1v) is 8.21. The molecule has 1 fully saturated rings. The zero-order chi connectivity index (χ0) is 15.2. The van der Waals surface area contributed by atoms with E-state index in [0.29, 0.717) is 12.6 Å². The van der Waals surface area contributed by atoms with Gasteiger partial charge in [0, 0.05) is 18.2 Å². The van der Waals surface area contributed by atoms with Gasteiger partial charge in [0.2, 0.25) is 0 Å². The van der Waals surface area contributed by atoms with Crippen molar-refractivity contribution in [1.29, 1.82) is 0 Å². The highest BCUT2D eigenvalue weighted by Gasteiger charge is 2.25. The molecule has 3 nitrogen and oxygen atoms in total. The van der Waals surface area contributed by atoms with Crippen molar-refractivity contribution in [1.82, 2.24) is 4.90 Å². The summed E-state index contributed by atoms with van der Waals surface area (Å²) in [7, 11) is 0. The predicted octanol–water partition coefficient (Wildman–Crippen LogP) is 4.19. The molecule has 0 aliphatic heterocycles. The molecule has 1 aromatic rings. The van der Waals surface area contributed by atoms with E-state index in [1.165, 1.54) is 19.3 Å². The van der Waals surface area contributed by atoms with Crippen LogP contribution in [0.5, 0.6) is 5.75 Å². The molecule has 0 bridgehead atoms. The van der Waals surface area contributed by atoms with Gasteiger partial charge in [-0.1, -0.05) is 19.3 Å². The van der Waals surface area contributed by atoms with E-state index in [4.69, 9.17) is 4.74 Å². The molecule has 0 saturated heterocycles. The Morgan fingerprint density at radius 3 is 2.52 bits per heavy atom. The second-order valence-electron chi connectivity index (χ2n) is 5.80. The highest BCUT2D eigenvalue weighted by molar-refractivity contribution is 5.94. The van der Waals surface area contributed by atoms with Crippen LogP contribution in [0.3, 0.4) is 0 Å². The van der Waals surface area contributed by atoms with Crippen molar-refractivity contribution in [3.8, 4) is 5.75 Å². The van der Waals surface area contributed by atoms with Crippen molar-refractivity contribution < 1.29 is 9.53 Å². The summed E-state index contributed by atoms with van der Waals surface area (Å²) in [6.45, 7) is 7.49. The highest BCUT2D eigenvalue weighted by atomic mass is 16.5. The summed E-state index contributed by atoms with van der Waals surface area (Å²) in [4.78, 5) is 14.8. The van der Waals surface area contributed by atoms with E-state index in [1.807, 2.05) is 36.9 Å². The lowest BCUT2D eigenvalue weighted by Crippen LogP contribution is -2.41. The molecule has 1 aliphatic carbocycles. The lowest BCUT2D eigenvalue weighted by atomic mass is 9.93. The molecule has 0 unspecified atom stereocenters. The zero-order valence-electron chi connectivity index (χ0n) is 13.5. The largest absolute Gasteiger partial charge is 0.494 e. The Bertz CT molecular complexity index is 478. The van der Waals surface area contributed by atoms with Gasteiger partial charge in [0.1, 0.15) is 5.75 Å². The van der Waals surface area contributed by atoms with Crippen LogP contribution >= 0.6 is 0 Å². The number of carbonyl (C=O) groups is 1. The number of nitrogens with zero attached hydrogens (tertiary/aromatic N) is 1. The molecule has 116 valence electrons. The van der Waals surface area contributed by atoms with Crippen LogP contribution in [0.25, 0.3) is 0 Å². The molecule has 0 N–H and O–H groups in total. The number of hydrogen-bond donors (Lipinski definition) is 0. The molecule has 1 aliphatic rings. The summed E-state index contributed by atoms with van der Waals surface area (Å²) < 4.78 is 5.55. The molecular weight excluding hydrogens is 262 g/mol. The first-order valence-electron chi connectivity index (χ1n) is 8.21. The van der Waals surface area contributed by atoms with Crippen LogP contribution < -0.4 is 4.74 Å². The van der Waals surface area contributed by atoms with Gasteiger partial charge in [-0.05, 0) is 57.4 Å². The lowest BCUT2D eigenvalue weighted by molar-refractivity contribution is 0.0648. The van der Waals surface area contributed by atoms with Gasteiger partial charge in [0.15, 0.2) is 0 Å². The van der Waals surface area contributed by atoms with Gasteiger partial charge in [-0.15, -0.1) is 0 Å². The summed E-state index contributed by atoms with van der Waals surface area (Å²) in [5.41, 5.74) is 1.81. The van der Waals surface area contributed by atoms with Gasteiger partial charge in [0.05, 0.1) is 6.61 Å². The van der Waals surface area contributed by atoms with Gasteiger partial charge in [-0.3, -0.25) is 4.79 Å². The van der Waals surface area contributed by atoms with E-state index in [0.717, 1.165) is 36.3 Å². The van der Waals surface area contributed by atoms with E-state index in [1.54, 1.807) is 0 Å². The number of hydrogen-bond acceptors (Lipinski definition) is 2. The molecule has 0 spiro atoms. The van der Waals surface area contributed by atoms with Crippen LogP contribution in [0.15, 0.2) is 18.2 Å². The Kier molecular flexibility index (Phi) is 5.66. The van der Waals surface area contributed by atoms with Crippen LogP contribution in [0, 0.1) is 6.92 Å². The van der Waals surface area contributed by atoms with Crippen molar-refractivity contribution in [3.63, 3.8) is 0 Å². The number of ether oxygens (including phenoxy) is 1. The zero-order valence-corrected chi connectivity index (χ0v) is 13.5. The van der Waals surface area contributed by atoms with Crippen LogP contribution in [0.2, 0.25) is 0 Å². The minimum absolute atomic E-state index is 0.163. The van der Waals surface area contributed by atoms with Crippen molar-refractivity contribution in [2.24, 2.45) is 0 Å². The van der Waals surface area contributed by atoms with Gasteiger partial charge in [0.25, 0.3) is 5.91 Å². The molecule has 21 heavy (non-hydrogen) atoms. The lowest BCUT2D eigenvalue weighted by Gasteiger charge is -2.33. The second-order valence-corrected chi connectivity index (χ2v) is 5.80. The minimum Gasteiger partial charge on any atom is -0.494 e. The fourth-order valence-electron chi connectivity index (χ4n) is 3.23. The average molecular weight is 289 g/mol. The normalized spacial score (nSPS) is 15.8. The Morgan fingerprint density at radius 1 is 1.24 bits per heavy atom. The summed E-state index contributed by atoms with van der Waals surface area (Å²) >= 11 is 0. The number of aryl methyl sites for hydroxylation is 1. The monoisotopic (exact) mass is 289 g/mol. The minimum atomic E-state index is 0.163. The topological polar surface area (TPSA) is 29.5 Å². The molecular formula is C18H27NO2. The first-order chi connectivity index (χ1) is 10.2. The summed E-state index contributed by atoms with van der Waals surface area (Å²) in [5.74, 6) is 1.03. The molecule has 1 aromatic carbocycles. The molecule has 1 saturated carbocycles. The second kappa shape index (κ2) is 7.48. The van der Waals surface area contributed by atoms with E-state index in [2.05, 4.69) is 6.92 Å². The Labute approximate surface area is 128 Å². The molecule has 1 amide bonds. The smallest absolute Gasteiger partial charge is 0.254 e. The summed E-state index contributed by atoms with van der Waals surface area (Å²) in [5, 5.41) is 0. The molecule has 0 heterocycles. The standard InChI is InChI=1S/C18H27NO2/c1-4-19(16-9-7-6-8-10-16)18(20)15-11-12-17(21-5-2)14(3)13-15/h11-13,16H,4-10H2,1-3H3. The van der Waals surface area contributed by atoms with Crippen LogP contribution in [0.4, 0.5) is 0 Å². The fraction of sp³-hybridized carbons (Fsp3) is 0.611. The maximum atomic E-state index is 12.8. The Hall–Kier alpha value is -1.51. The van der Waals surface area contributed by atoms with Crippen molar-refractivity contribution in [2.45, 2.75) is 58.9 Å². The van der Waals surface area contributed by atoms with Crippen molar-refractivity contribution in [2.75, 3.05) is 13.2 Å². The summed E-state index contributed by atoms with van der Waals surface area (Å²) in [6, 6.07) is 6.19. The third-order valence-electron chi connectivity index (χ3n) is 4.34. The Morgan fingerprint density at radius 2 is 1.95 bits per heavy atom. The molecule has 0 atom stereocenters. The third kappa shape index (κ3) is 3.78. The van der Waals surface area contributed by atoms with E-state index < -0.39 is 0 Å². The molecule has 0 aromatic heterocycles. The number of rotatable bonds is 5. The maximum absolute atomic E-state index is 12.8. The van der Waals surface area contributed by atoms with Gasteiger partial charge >= 0.3 is 0 Å². The van der Waals surface area contributed by atoms with E-state index in [-0.39, 0.29) is 5.91 Å². The van der Waals surface area contributed by atoms with Crippen LogP contribution in [-0.2, 0) is 0 Å². The maximum Gasteiger partial charge on any atom is 0.254 e. The predicted molar refractivity (Wildman–Crippen MR) is 85.9 cm³/mol. The average Bonchev–Trinajstić information content (AvgIpc) is 2.51. The third-order valence-corrected chi connectivity index (χ3v) is 4.34. The van der Waals surface area contributed by atoms with Crippen molar-refractivity contribution in [3.05, 3.63) is 29.3 Å². The number of carbonyl (C=O) groups excluding carboxylic acids is 1. The van der Waals surface area contributed by atoms with Gasteiger partial charge in [-0.25, -0.2) is 0 Å². The van der Waals surface area contributed by atoms with Gasteiger partial charge in [-0.2, -0.15) is 0 Å². The quantitative estimate of drug-likeness (QED) is 0.813. The molecule has 3 heteroatoms.